The van der Waals surface area contributed by atoms with Crippen molar-refractivity contribution in [2.45, 2.75) is 46.0 Å². The molecule has 106 valence electrons. The van der Waals surface area contributed by atoms with Crippen molar-refractivity contribution in [1.82, 2.24) is 4.98 Å². The van der Waals surface area contributed by atoms with E-state index in [-0.39, 0.29) is 17.4 Å². The number of carbonyl (C=O) groups is 1. The number of carbonyl (C=O) groups excluding carboxylic acids is 1. The summed E-state index contributed by atoms with van der Waals surface area (Å²) in [5.74, 6) is 0.232. The van der Waals surface area contributed by atoms with Crippen LogP contribution in [0.4, 0.5) is 0 Å². The molecule has 4 nitrogen and oxygen atoms in total. The molecule has 0 aliphatic heterocycles. The number of hydrogen-bond acceptors (Lipinski definition) is 3. The van der Waals surface area contributed by atoms with Crippen molar-refractivity contribution in [2.75, 3.05) is 6.61 Å². The van der Waals surface area contributed by atoms with Gasteiger partial charge in [0.2, 0.25) is 5.56 Å². The second-order valence-electron chi connectivity index (χ2n) is 4.82. The van der Waals surface area contributed by atoms with Crippen molar-refractivity contribution in [3.05, 3.63) is 34.2 Å². The van der Waals surface area contributed by atoms with E-state index in [4.69, 9.17) is 4.74 Å². The van der Waals surface area contributed by atoms with E-state index in [1.54, 1.807) is 12.3 Å². The molecule has 0 atom stereocenters. The highest BCUT2D eigenvalue weighted by Gasteiger charge is 2.21. The first-order valence-corrected chi connectivity index (χ1v) is 6.95. The zero-order chi connectivity index (χ0) is 14.1. The van der Waals surface area contributed by atoms with Gasteiger partial charge in [0.15, 0.2) is 0 Å². The quantitative estimate of drug-likeness (QED) is 0.836. The highest BCUT2D eigenvalue weighted by Crippen LogP contribution is 2.24. The average molecular weight is 265 g/mol. The van der Waals surface area contributed by atoms with Crippen LogP contribution in [0.5, 0.6) is 0 Å². The zero-order valence-electron chi connectivity index (χ0n) is 11.8. The van der Waals surface area contributed by atoms with Gasteiger partial charge < -0.3 is 9.72 Å². The molecule has 0 spiro atoms. The van der Waals surface area contributed by atoms with Crippen LogP contribution < -0.4 is 5.56 Å². The maximum absolute atomic E-state index is 11.2. The Labute approximate surface area is 114 Å². The van der Waals surface area contributed by atoms with Crippen LogP contribution in [-0.4, -0.2) is 17.6 Å². The van der Waals surface area contributed by atoms with Gasteiger partial charge >= 0.3 is 5.97 Å². The topological polar surface area (TPSA) is 59.2 Å². The Bertz CT molecular complexity index is 413. The van der Waals surface area contributed by atoms with E-state index in [1.807, 2.05) is 13.8 Å². The molecule has 4 heteroatoms. The minimum Gasteiger partial charge on any atom is -0.466 e. The van der Waals surface area contributed by atoms with Crippen molar-refractivity contribution in [1.29, 1.82) is 0 Å². The van der Waals surface area contributed by atoms with E-state index in [9.17, 15) is 9.59 Å². The van der Waals surface area contributed by atoms with E-state index >= 15 is 0 Å². The van der Waals surface area contributed by atoms with Gasteiger partial charge in [0.25, 0.3) is 0 Å². The third-order valence-corrected chi connectivity index (χ3v) is 3.16. The van der Waals surface area contributed by atoms with Gasteiger partial charge in [-0.05, 0) is 32.3 Å². The summed E-state index contributed by atoms with van der Waals surface area (Å²) in [5.41, 5.74) is 1.03. The lowest BCUT2D eigenvalue weighted by atomic mass is 9.89. The first kappa shape index (κ1) is 15.5. The van der Waals surface area contributed by atoms with Crippen LogP contribution >= 0.6 is 0 Å². The van der Waals surface area contributed by atoms with Gasteiger partial charge in [-0.3, -0.25) is 9.59 Å². The van der Waals surface area contributed by atoms with Gasteiger partial charge in [0, 0.05) is 12.3 Å². The van der Waals surface area contributed by atoms with Gasteiger partial charge in [0.1, 0.15) is 0 Å². The first-order chi connectivity index (χ1) is 9.13. The largest absolute Gasteiger partial charge is 0.466 e. The Kier molecular flexibility index (Phi) is 6.93. The van der Waals surface area contributed by atoms with Crippen LogP contribution in [-0.2, 0) is 9.53 Å². The van der Waals surface area contributed by atoms with E-state index in [0.717, 1.165) is 18.4 Å². The zero-order valence-corrected chi connectivity index (χ0v) is 11.8. The second kappa shape index (κ2) is 8.51. The summed E-state index contributed by atoms with van der Waals surface area (Å²) in [6.07, 6.45) is 7.45. The summed E-state index contributed by atoms with van der Waals surface area (Å²) in [7, 11) is 0. The minimum absolute atomic E-state index is 0.0206. The summed E-state index contributed by atoms with van der Waals surface area (Å²) in [6.45, 7) is 4.31. The third kappa shape index (κ3) is 6.22. The molecule has 1 N–H and O–H groups in total. The summed E-state index contributed by atoms with van der Waals surface area (Å²) in [6, 6.07) is 3.29. The Morgan fingerprint density at radius 1 is 1.32 bits per heavy atom. The van der Waals surface area contributed by atoms with Crippen LogP contribution in [0.1, 0.15) is 44.6 Å². The third-order valence-electron chi connectivity index (χ3n) is 3.16. The van der Waals surface area contributed by atoms with Crippen molar-refractivity contribution < 1.29 is 9.53 Å². The fourth-order valence-corrected chi connectivity index (χ4v) is 2.09. The minimum atomic E-state index is -0.0457. The molecule has 1 saturated carbocycles. The first-order valence-electron chi connectivity index (χ1n) is 6.95. The molecule has 0 saturated heterocycles. The van der Waals surface area contributed by atoms with Crippen LogP contribution in [0, 0.1) is 12.8 Å². The molecular weight excluding hydrogens is 242 g/mol. The fraction of sp³-hybridized carbons (Fsp3) is 0.600. The van der Waals surface area contributed by atoms with E-state index in [2.05, 4.69) is 4.98 Å². The monoisotopic (exact) mass is 265 g/mol. The van der Waals surface area contributed by atoms with Crippen LogP contribution in [0.15, 0.2) is 23.1 Å². The summed E-state index contributed by atoms with van der Waals surface area (Å²) < 4.78 is 4.94. The van der Waals surface area contributed by atoms with Crippen molar-refractivity contribution in [3.63, 3.8) is 0 Å². The molecule has 19 heavy (non-hydrogen) atoms. The Balaban J connectivity index is 0.000000200. The van der Waals surface area contributed by atoms with Gasteiger partial charge in [-0.1, -0.05) is 25.3 Å². The molecule has 2 rings (SSSR count). The molecule has 0 unspecified atom stereocenters. The lowest BCUT2D eigenvalue weighted by Crippen LogP contribution is -2.20. The molecule has 1 fully saturated rings. The fourth-order valence-electron chi connectivity index (χ4n) is 2.09. The van der Waals surface area contributed by atoms with E-state index in [1.165, 1.54) is 25.3 Å². The summed E-state index contributed by atoms with van der Waals surface area (Å²) in [5, 5.41) is 0. The molecule has 1 aliphatic carbocycles. The number of rotatable bonds is 2. The smallest absolute Gasteiger partial charge is 0.308 e. The molecule has 1 aromatic rings. The Hall–Kier alpha value is -1.58. The molecule has 0 radical (unpaired) electrons. The molecule has 0 amide bonds. The lowest BCUT2D eigenvalue weighted by molar-refractivity contribution is -0.149. The van der Waals surface area contributed by atoms with Gasteiger partial charge in [-0.15, -0.1) is 0 Å². The molecular formula is C15H23NO3. The Morgan fingerprint density at radius 2 is 2.00 bits per heavy atom. The second-order valence-corrected chi connectivity index (χ2v) is 4.82. The number of aromatic nitrogens is 1. The molecule has 0 aromatic carbocycles. The summed E-state index contributed by atoms with van der Waals surface area (Å²) in [4.78, 5) is 24.1. The van der Waals surface area contributed by atoms with Crippen molar-refractivity contribution in [3.8, 4) is 0 Å². The van der Waals surface area contributed by atoms with Crippen molar-refractivity contribution >= 4 is 5.97 Å². The van der Waals surface area contributed by atoms with Gasteiger partial charge in [0.05, 0.1) is 12.5 Å². The predicted molar refractivity (Wildman–Crippen MR) is 75.0 cm³/mol. The number of hydrogen-bond donors (Lipinski definition) is 1. The average Bonchev–Trinajstić information content (AvgIpc) is 2.44. The number of ether oxygens (including phenoxy) is 1. The Morgan fingerprint density at radius 3 is 2.47 bits per heavy atom. The molecule has 1 aromatic heterocycles. The number of esters is 1. The normalized spacial score (nSPS) is 15.3. The highest BCUT2D eigenvalue weighted by molar-refractivity contribution is 5.72. The van der Waals surface area contributed by atoms with E-state index < -0.39 is 0 Å². The highest BCUT2D eigenvalue weighted by atomic mass is 16.5. The van der Waals surface area contributed by atoms with Crippen LogP contribution in [0.2, 0.25) is 0 Å². The number of H-pyrrole nitrogens is 1. The standard InChI is InChI=1S/C9H16O2.C6H7NO/c1-2-11-9(10)8-6-4-3-5-7-8;1-5-2-3-6(8)7-4-5/h8H,2-7H2,1H3;2-4H,1H3,(H,7,8). The molecule has 1 aliphatic rings. The van der Waals surface area contributed by atoms with Gasteiger partial charge in [-0.25, -0.2) is 0 Å². The maximum atomic E-state index is 11.2. The lowest BCUT2D eigenvalue weighted by Gasteiger charge is -2.19. The number of pyridine rings is 1. The number of aryl methyl sites for hydroxylation is 1. The molecule has 0 bridgehead atoms. The van der Waals surface area contributed by atoms with Crippen LogP contribution in [0.3, 0.4) is 0 Å². The number of aromatic amines is 1. The number of nitrogens with one attached hydrogen (secondary N) is 1. The van der Waals surface area contributed by atoms with Gasteiger partial charge in [-0.2, -0.15) is 0 Å². The maximum Gasteiger partial charge on any atom is 0.308 e. The SMILES string of the molecule is CCOC(=O)C1CCCCC1.Cc1ccc(=O)[nH]c1. The molecule has 1 heterocycles. The van der Waals surface area contributed by atoms with E-state index in [0.29, 0.717) is 6.61 Å². The summed E-state index contributed by atoms with van der Waals surface area (Å²) >= 11 is 0. The van der Waals surface area contributed by atoms with Crippen LogP contribution in [0.25, 0.3) is 0 Å². The van der Waals surface area contributed by atoms with Crippen molar-refractivity contribution in [2.24, 2.45) is 5.92 Å². The predicted octanol–water partition coefficient (Wildman–Crippen LogP) is 2.81.